The maximum atomic E-state index is 12.6. The Hall–Kier alpha value is -3.10. The zero-order valence-electron chi connectivity index (χ0n) is 19.7. The lowest BCUT2D eigenvalue weighted by Crippen LogP contribution is -2.42. The van der Waals surface area contributed by atoms with E-state index in [1.807, 2.05) is 20.8 Å². The number of rotatable bonds is 6. The van der Waals surface area contributed by atoms with Gasteiger partial charge in [0.1, 0.15) is 5.60 Å². The van der Waals surface area contributed by atoms with Gasteiger partial charge in [0, 0.05) is 42.8 Å². The van der Waals surface area contributed by atoms with Crippen LogP contribution in [0.3, 0.4) is 0 Å². The van der Waals surface area contributed by atoms with Gasteiger partial charge >= 0.3 is 6.09 Å². The van der Waals surface area contributed by atoms with Gasteiger partial charge in [-0.05, 0) is 65.8 Å². The Bertz CT molecular complexity index is 853. The van der Waals surface area contributed by atoms with Crippen LogP contribution >= 0.6 is 0 Å². The molecule has 1 saturated heterocycles. The highest BCUT2D eigenvalue weighted by atomic mass is 16.6. The third-order valence-electron chi connectivity index (χ3n) is 4.76. The molecule has 0 spiro atoms. The molecule has 3 N–H and O–H groups in total. The fraction of sp³-hybridized carbons (Fsp3) is 0.565. The summed E-state index contributed by atoms with van der Waals surface area (Å²) in [5.41, 5.74) is 0.249. The Kier molecular flexibility index (Phi) is 7.87. The van der Waals surface area contributed by atoms with Crippen molar-refractivity contribution in [1.82, 2.24) is 10.2 Å². The summed E-state index contributed by atoms with van der Waals surface area (Å²) in [7, 11) is 0. The standard InChI is InChI=1S/C23H34N4O5/c1-22(2,3)27-14-15(13-19(27)29)20(30)26-17-9-7-16(8-10-17)25-18(28)11-12-24-21(31)32-23(4,5)6/h7-10,15H,11-14H2,1-6H3,(H,24,31)(H,25,28)(H,26,30). The van der Waals surface area contributed by atoms with Crippen LogP contribution in [0.5, 0.6) is 0 Å². The lowest BCUT2D eigenvalue weighted by molar-refractivity contribution is -0.131. The number of carbonyl (C=O) groups is 4. The summed E-state index contributed by atoms with van der Waals surface area (Å²) in [5.74, 6) is -0.866. The summed E-state index contributed by atoms with van der Waals surface area (Å²) in [6.07, 6.45) is -0.272. The van der Waals surface area contributed by atoms with Crippen LogP contribution in [0.2, 0.25) is 0 Å². The van der Waals surface area contributed by atoms with Gasteiger partial charge in [0.05, 0.1) is 5.92 Å². The third kappa shape index (κ3) is 7.86. The number of likely N-dealkylation sites (tertiary alicyclic amines) is 1. The molecule has 1 aliphatic rings. The molecule has 9 heteroatoms. The molecule has 0 bridgehead atoms. The van der Waals surface area contributed by atoms with Crippen molar-refractivity contribution >= 4 is 35.2 Å². The molecule has 1 aliphatic heterocycles. The minimum Gasteiger partial charge on any atom is -0.444 e. The highest BCUT2D eigenvalue weighted by molar-refractivity contribution is 5.97. The Balaban J connectivity index is 1.78. The van der Waals surface area contributed by atoms with Gasteiger partial charge in [-0.1, -0.05) is 0 Å². The molecular formula is C23H34N4O5. The first-order valence-corrected chi connectivity index (χ1v) is 10.7. The van der Waals surface area contributed by atoms with Gasteiger partial charge in [-0.15, -0.1) is 0 Å². The molecule has 1 fully saturated rings. The van der Waals surface area contributed by atoms with E-state index < -0.39 is 17.6 Å². The Morgan fingerprint density at radius 1 is 1.00 bits per heavy atom. The second-order valence-corrected chi connectivity index (χ2v) is 9.87. The van der Waals surface area contributed by atoms with Crippen LogP contribution in [0.1, 0.15) is 54.4 Å². The molecule has 9 nitrogen and oxygen atoms in total. The predicted molar refractivity (Wildman–Crippen MR) is 122 cm³/mol. The molecule has 1 aromatic carbocycles. The second-order valence-electron chi connectivity index (χ2n) is 9.87. The van der Waals surface area contributed by atoms with Crippen LogP contribution in [0.4, 0.5) is 16.2 Å². The van der Waals surface area contributed by atoms with Gasteiger partial charge in [0.2, 0.25) is 17.7 Å². The third-order valence-corrected chi connectivity index (χ3v) is 4.76. The van der Waals surface area contributed by atoms with Crippen molar-refractivity contribution in [3.8, 4) is 0 Å². The number of hydrogen-bond donors (Lipinski definition) is 3. The smallest absolute Gasteiger partial charge is 0.407 e. The normalized spacial score (nSPS) is 16.5. The van der Waals surface area contributed by atoms with E-state index in [1.54, 1.807) is 49.9 Å². The highest BCUT2D eigenvalue weighted by Gasteiger charge is 2.39. The topological polar surface area (TPSA) is 117 Å². The number of anilines is 2. The van der Waals surface area contributed by atoms with E-state index in [2.05, 4.69) is 16.0 Å². The molecule has 0 saturated carbocycles. The Labute approximate surface area is 189 Å². The number of nitrogens with one attached hydrogen (secondary N) is 3. The molecule has 0 aromatic heterocycles. The number of carbonyl (C=O) groups excluding carboxylic acids is 4. The van der Waals surface area contributed by atoms with Crippen molar-refractivity contribution in [2.24, 2.45) is 5.92 Å². The van der Waals surface area contributed by atoms with Crippen molar-refractivity contribution < 1.29 is 23.9 Å². The quantitative estimate of drug-likeness (QED) is 0.621. The zero-order valence-corrected chi connectivity index (χ0v) is 19.7. The van der Waals surface area contributed by atoms with Crippen LogP contribution in [0.25, 0.3) is 0 Å². The predicted octanol–water partition coefficient (Wildman–Crippen LogP) is 3.13. The lowest BCUT2D eigenvalue weighted by atomic mass is 10.1. The monoisotopic (exact) mass is 446 g/mol. The van der Waals surface area contributed by atoms with E-state index >= 15 is 0 Å². The number of alkyl carbamates (subject to hydrolysis) is 1. The molecule has 176 valence electrons. The van der Waals surface area contributed by atoms with Crippen LogP contribution in [-0.4, -0.2) is 52.9 Å². The minimum atomic E-state index is -0.594. The van der Waals surface area contributed by atoms with Gasteiger partial charge in [-0.25, -0.2) is 4.79 Å². The maximum absolute atomic E-state index is 12.6. The van der Waals surface area contributed by atoms with Crippen molar-refractivity contribution in [3.63, 3.8) is 0 Å². The van der Waals surface area contributed by atoms with Gasteiger partial charge in [-0.3, -0.25) is 14.4 Å². The van der Waals surface area contributed by atoms with Gasteiger partial charge in [0.25, 0.3) is 0 Å². The number of hydrogen-bond acceptors (Lipinski definition) is 5. The van der Waals surface area contributed by atoms with Crippen LogP contribution in [0, 0.1) is 5.92 Å². The van der Waals surface area contributed by atoms with Crippen molar-refractivity contribution in [1.29, 1.82) is 0 Å². The van der Waals surface area contributed by atoms with E-state index in [9.17, 15) is 19.2 Å². The molecule has 32 heavy (non-hydrogen) atoms. The summed E-state index contributed by atoms with van der Waals surface area (Å²) >= 11 is 0. The minimum absolute atomic E-state index is 0.0168. The van der Waals surface area contributed by atoms with E-state index in [0.717, 1.165) is 0 Å². The average Bonchev–Trinajstić information content (AvgIpc) is 3.04. The summed E-state index contributed by atoms with van der Waals surface area (Å²) in [6, 6.07) is 6.72. The summed E-state index contributed by atoms with van der Waals surface area (Å²) in [4.78, 5) is 50.1. The molecule has 0 radical (unpaired) electrons. The first-order valence-electron chi connectivity index (χ1n) is 10.7. The zero-order chi connectivity index (χ0) is 24.1. The Morgan fingerprint density at radius 3 is 2.06 bits per heavy atom. The molecule has 0 aliphatic carbocycles. The maximum Gasteiger partial charge on any atom is 0.407 e. The molecule has 1 heterocycles. The van der Waals surface area contributed by atoms with Crippen LogP contribution < -0.4 is 16.0 Å². The molecule has 2 rings (SSSR count). The number of benzene rings is 1. The van der Waals surface area contributed by atoms with Crippen molar-refractivity contribution in [2.75, 3.05) is 23.7 Å². The number of amides is 4. The van der Waals surface area contributed by atoms with Gasteiger partial charge in [0.15, 0.2) is 0 Å². The summed E-state index contributed by atoms with van der Waals surface area (Å²) in [5, 5.41) is 8.09. The highest BCUT2D eigenvalue weighted by Crippen LogP contribution is 2.27. The fourth-order valence-electron chi connectivity index (χ4n) is 3.23. The number of ether oxygens (including phenoxy) is 1. The Morgan fingerprint density at radius 2 is 1.56 bits per heavy atom. The van der Waals surface area contributed by atoms with E-state index in [-0.39, 0.29) is 42.6 Å². The summed E-state index contributed by atoms with van der Waals surface area (Å²) in [6.45, 7) is 11.7. The molecule has 1 unspecified atom stereocenters. The first-order chi connectivity index (χ1) is 14.7. The van der Waals surface area contributed by atoms with Crippen LogP contribution in [-0.2, 0) is 19.1 Å². The van der Waals surface area contributed by atoms with E-state index in [1.165, 1.54) is 0 Å². The lowest BCUT2D eigenvalue weighted by Gasteiger charge is -2.31. The van der Waals surface area contributed by atoms with Crippen molar-refractivity contribution in [2.45, 2.75) is 65.5 Å². The largest absolute Gasteiger partial charge is 0.444 e. The molecule has 4 amide bonds. The first kappa shape index (κ1) is 25.2. The molecule has 1 aromatic rings. The number of nitrogens with zero attached hydrogens (tertiary/aromatic N) is 1. The van der Waals surface area contributed by atoms with E-state index in [0.29, 0.717) is 17.9 Å². The van der Waals surface area contributed by atoms with Gasteiger partial charge < -0.3 is 25.6 Å². The van der Waals surface area contributed by atoms with Crippen LogP contribution in [0.15, 0.2) is 24.3 Å². The molecule has 1 atom stereocenters. The van der Waals surface area contributed by atoms with Crippen molar-refractivity contribution in [3.05, 3.63) is 24.3 Å². The fourth-order valence-corrected chi connectivity index (χ4v) is 3.23. The second kappa shape index (κ2) is 10.0. The molecular weight excluding hydrogens is 412 g/mol. The SMILES string of the molecule is CC(C)(C)OC(=O)NCCC(=O)Nc1ccc(NC(=O)C2CC(=O)N(C(C)(C)C)C2)cc1. The van der Waals surface area contributed by atoms with Gasteiger partial charge in [-0.2, -0.15) is 0 Å². The van der Waals surface area contributed by atoms with E-state index in [4.69, 9.17) is 4.74 Å². The summed E-state index contributed by atoms with van der Waals surface area (Å²) < 4.78 is 5.11. The average molecular weight is 447 g/mol.